The molecule has 7 rings (SSSR count). The van der Waals surface area contributed by atoms with E-state index in [9.17, 15) is 9.59 Å². The maximum absolute atomic E-state index is 10.0. The minimum atomic E-state index is -0.125. The van der Waals surface area contributed by atoms with E-state index in [2.05, 4.69) is 102 Å². The van der Waals surface area contributed by atoms with E-state index in [4.69, 9.17) is 10.2 Å². The van der Waals surface area contributed by atoms with Gasteiger partial charge in [0, 0.05) is 64.3 Å². The molecule has 5 nitrogen and oxygen atoms in total. The molecule has 0 saturated carbocycles. The molecule has 0 aliphatic carbocycles. The second-order valence-electron chi connectivity index (χ2n) is 10.6. The third kappa shape index (κ3) is 13.3. The summed E-state index contributed by atoms with van der Waals surface area (Å²) in [6.07, 6.45) is 4.15. The topological polar surface area (TPSA) is 87.5 Å². The largest absolute Gasteiger partial charge is 0.512 e. The molecule has 4 aromatic carbocycles. The number of aromatic nitrogens is 1. The summed E-state index contributed by atoms with van der Waals surface area (Å²) in [6, 6.07) is 45.4. The molecular formula is C41H34Ir2NO4S2-3. The van der Waals surface area contributed by atoms with Gasteiger partial charge >= 0.3 is 0 Å². The number of ketones is 2. The molecule has 0 bridgehead atoms. The van der Waals surface area contributed by atoms with Crippen molar-refractivity contribution in [3.8, 4) is 21.0 Å². The van der Waals surface area contributed by atoms with E-state index in [0.717, 1.165) is 21.0 Å². The molecule has 0 aliphatic heterocycles. The molecule has 0 atom stereocenters. The van der Waals surface area contributed by atoms with Gasteiger partial charge in [0.15, 0.2) is 11.6 Å². The van der Waals surface area contributed by atoms with Crippen molar-refractivity contribution in [3.63, 3.8) is 0 Å². The predicted molar refractivity (Wildman–Crippen MR) is 200 cm³/mol. The summed E-state index contributed by atoms with van der Waals surface area (Å²) in [5.74, 6) is -0.125. The van der Waals surface area contributed by atoms with Gasteiger partial charge < -0.3 is 15.2 Å². The van der Waals surface area contributed by atoms with Gasteiger partial charge in [0.2, 0.25) is 0 Å². The number of thiophene rings is 2. The number of fused-ring (bicyclic) bond motifs is 3. The summed E-state index contributed by atoms with van der Waals surface area (Å²) in [6.45, 7) is 5.70. The van der Waals surface area contributed by atoms with Crippen LogP contribution in [0.1, 0.15) is 27.7 Å². The molecule has 50 heavy (non-hydrogen) atoms. The van der Waals surface area contributed by atoms with Crippen LogP contribution in [0.5, 0.6) is 0 Å². The Morgan fingerprint density at radius 2 is 1.12 bits per heavy atom. The van der Waals surface area contributed by atoms with Crippen molar-refractivity contribution in [1.29, 1.82) is 0 Å². The standard InChI is InChI=1S/C18H10S.C13H8NS.2C5H8O2.2Ir/c1-2-6-14-11-16(10-9-13(14)5-1)18-12-15-7-3-4-8-17(15)19-18;1-2-7-12-10(5-1)9-13(15-12)11-6-3-4-8-14-11;2*1-4(6)3-5(2)7;;/h1-9,11H;1-8H;2*3,6H,1-2H3;;/q-2;-1;;;;. The number of rotatable bonds is 4. The Morgan fingerprint density at radius 1 is 0.640 bits per heavy atom. The molecule has 9 heteroatoms. The van der Waals surface area contributed by atoms with E-state index < -0.39 is 0 Å². The first kappa shape index (κ1) is 42.1. The zero-order valence-corrected chi connectivity index (χ0v) is 34.1. The van der Waals surface area contributed by atoms with Crippen LogP contribution in [-0.2, 0) is 49.8 Å². The maximum Gasteiger partial charge on any atom is 0.155 e. The molecule has 3 aromatic heterocycles. The Morgan fingerprint density at radius 3 is 1.60 bits per heavy atom. The molecule has 0 spiro atoms. The van der Waals surface area contributed by atoms with E-state index in [1.54, 1.807) is 22.7 Å². The van der Waals surface area contributed by atoms with Crippen LogP contribution in [0.3, 0.4) is 0 Å². The van der Waals surface area contributed by atoms with Crippen LogP contribution < -0.4 is 0 Å². The number of hydrogen-bond donors (Lipinski definition) is 2. The number of carbonyl (C=O) groups excluding carboxylic acids is 2. The number of aliphatic hydroxyl groups is 2. The van der Waals surface area contributed by atoms with Crippen molar-refractivity contribution in [2.45, 2.75) is 27.7 Å². The number of benzene rings is 4. The van der Waals surface area contributed by atoms with Crippen LogP contribution in [-0.4, -0.2) is 26.8 Å². The van der Waals surface area contributed by atoms with Gasteiger partial charge in [-0.15, -0.1) is 62.8 Å². The Hall–Kier alpha value is -4.07. The zero-order valence-electron chi connectivity index (χ0n) is 27.7. The fourth-order valence-corrected chi connectivity index (χ4v) is 6.38. The summed E-state index contributed by atoms with van der Waals surface area (Å²) >= 11 is 3.50. The third-order valence-electron chi connectivity index (χ3n) is 6.34. The average molecular weight is 1050 g/mol. The minimum Gasteiger partial charge on any atom is -0.512 e. The van der Waals surface area contributed by atoms with Gasteiger partial charge in [-0.2, -0.15) is 18.2 Å². The summed E-state index contributed by atoms with van der Waals surface area (Å²) < 4.78 is 2.54. The van der Waals surface area contributed by atoms with Gasteiger partial charge in [0.1, 0.15) is 0 Å². The number of carbonyl (C=O) groups is 2. The summed E-state index contributed by atoms with van der Waals surface area (Å²) in [5, 5.41) is 21.6. The van der Waals surface area contributed by atoms with Gasteiger partial charge in [0.25, 0.3) is 0 Å². The Kier molecular flexibility index (Phi) is 17.9. The van der Waals surface area contributed by atoms with Gasteiger partial charge in [-0.05, 0) is 43.3 Å². The van der Waals surface area contributed by atoms with Gasteiger partial charge in [-0.3, -0.25) is 20.9 Å². The Balaban J connectivity index is 0.000000251. The number of allylic oxidation sites excluding steroid dienone is 4. The quantitative estimate of drug-likeness (QED) is 0.104. The molecule has 260 valence electrons. The van der Waals surface area contributed by atoms with Gasteiger partial charge in [0.05, 0.1) is 11.5 Å². The van der Waals surface area contributed by atoms with Crippen molar-refractivity contribution in [3.05, 3.63) is 151 Å². The van der Waals surface area contributed by atoms with Crippen molar-refractivity contribution in [2.24, 2.45) is 0 Å². The van der Waals surface area contributed by atoms with Gasteiger partial charge in [-0.25, -0.2) is 16.9 Å². The average Bonchev–Trinajstić information content (AvgIpc) is 3.70. The fraction of sp³-hybridized carbons (Fsp3) is 0.0976. The van der Waals surface area contributed by atoms with Crippen LogP contribution in [0.25, 0.3) is 52.0 Å². The van der Waals surface area contributed by atoms with E-state index in [1.165, 1.54) is 70.8 Å². The molecule has 2 N–H and O–H groups in total. The van der Waals surface area contributed by atoms with Crippen LogP contribution in [0.4, 0.5) is 0 Å². The first-order chi connectivity index (χ1) is 23.1. The monoisotopic (exact) mass is 1050 g/mol. The van der Waals surface area contributed by atoms with E-state index in [-0.39, 0.29) is 63.3 Å². The van der Waals surface area contributed by atoms with Crippen LogP contribution in [0, 0.1) is 18.2 Å². The normalized spacial score (nSPS) is 10.6. The zero-order chi connectivity index (χ0) is 34.5. The maximum atomic E-state index is 10.0. The molecule has 0 amide bonds. The smallest absolute Gasteiger partial charge is 0.155 e. The van der Waals surface area contributed by atoms with Gasteiger partial charge in [-0.1, -0.05) is 65.4 Å². The molecule has 3 heterocycles. The first-order valence-electron chi connectivity index (χ1n) is 15.0. The first-order valence-corrected chi connectivity index (χ1v) is 16.6. The molecule has 0 fully saturated rings. The van der Waals surface area contributed by atoms with E-state index >= 15 is 0 Å². The predicted octanol–water partition coefficient (Wildman–Crippen LogP) is 11.2. The Bertz CT molecular complexity index is 2100. The molecule has 0 saturated heterocycles. The second kappa shape index (κ2) is 21.2. The summed E-state index contributed by atoms with van der Waals surface area (Å²) in [4.78, 5) is 26.6. The second-order valence-corrected chi connectivity index (χ2v) is 12.7. The summed E-state index contributed by atoms with van der Waals surface area (Å²) in [5.41, 5.74) is 2.12. The van der Waals surface area contributed by atoms with Crippen LogP contribution in [0.15, 0.2) is 133 Å². The van der Waals surface area contributed by atoms with E-state index in [1.807, 2.05) is 30.5 Å². The molecule has 0 aliphatic rings. The number of nitrogens with zero attached hydrogens (tertiary/aromatic N) is 1. The number of hydrogen-bond acceptors (Lipinski definition) is 7. The molecule has 7 aromatic rings. The van der Waals surface area contributed by atoms with Crippen LogP contribution >= 0.6 is 22.7 Å². The Labute approximate surface area is 327 Å². The SMILES string of the molecule is CC(=O)C=C(C)O.CC(=O)C=C(C)O.[Ir].[Ir].[c-]1c(-c2ccccn2)sc2ccccc12.[c-]1cc2ccccc2cc1-c1[c-]c2ccccc2s1. The van der Waals surface area contributed by atoms with Crippen molar-refractivity contribution < 1.29 is 60.0 Å². The number of pyridine rings is 1. The molecule has 0 unspecified atom stereocenters. The number of aliphatic hydroxyl groups excluding tert-OH is 2. The van der Waals surface area contributed by atoms with Crippen molar-refractivity contribution in [1.82, 2.24) is 4.98 Å². The van der Waals surface area contributed by atoms with E-state index in [0.29, 0.717) is 0 Å². The molecular weight excluding hydrogens is 1020 g/mol. The van der Waals surface area contributed by atoms with Crippen LogP contribution in [0.2, 0.25) is 0 Å². The minimum absolute atomic E-state index is 0. The van der Waals surface area contributed by atoms with Crippen molar-refractivity contribution in [2.75, 3.05) is 0 Å². The fourth-order valence-electron chi connectivity index (χ4n) is 4.41. The van der Waals surface area contributed by atoms with Crippen molar-refractivity contribution >= 4 is 65.2 Å². The summed E-state index contributed by atoms with van der Waals surface area (Å²) in [7, 11) is 0. The third-order valence-corrected chi connectivity index (χ3v) is 8.53. The molecule has 2 radical (unpaired) electrons.